The lowest BCUT2D eigenvalue weighted by Crippen LogP contribution is -1.89. The van der Waals surface area contributed by atoms with Gasteiger partial charge in [-0.15, -0.1) is 0 Å². The van der Waals surface area contributed by atoms with Crippen molar-refractivity contribution in [1.82, 2.24) is 4.98 Å². The van der Waals surface area contributed by atoms with Crippen LogP contribution in [0.25, 0.3) is 12.2 Å². The zero-order valence-corrected chi connectivity index (χ0v) is 6.92. The standard InChI is InChI=1S/C10H10FN/c1-3-5-8-9(11)6-7-12-10(8)4-2/h3-7H,2H2,1H3/b5-3-. The SMILES string of the molecule is C=Cc1nccc(F)c1/C=C\C. The Labute approximate surface area is 71.3 Å². The molecule has 0 fully saturated rings. The van der Waals surface area contributed by atoms with Gasteiger partial charge in [0, 0.05) is 11.8 Å². The molecule has 0 N–H and O–H groups in total. The molecule has 12 heavy (non-hydrogen) atoms. The Hall–Kier alpha value is -1.44. The molecule has 1 rings (SSSR count). The molecule has 0 saturated heterocycles. The van der Waals surface area contributed by atoms with E-state index in [1.165, 1.54) is 12.3 Å². The summed E-state index contributed by atoms with van der Waals surface area (Å²) in [5.41, 5.74) is 1.07. The molecule has 0 bridgehead atoms. The van der Waals surface area contributed by atoms with Crippen LogP contribution in [0.5, 0.6) is 0 Å². The maximum Gasteiger partial charge on any atom is 0.134 e. The van der Waals surface area contributed by atoms with Gasteiger partial charge in [-0.05, 0) is 19.1 Å². The van der Waals surface area contributed by atoms with Crippen molar-refractivity contribution in [1.29, 1.82) is 0 Å². The van der Waals surface area contributed by atoms with E-state index in [0.29, 0.717) is 11.3 Å². The first-order chi connectivity index (χ1) is 5.79. The maximum absolute atomic E-state index is 13.1. The van der Waals surface area contributed by atoms with Crippen molar-refractivity contribution >= 4 is 12.2 Å². The van der Waals surface area contributed by atoms with Crippen LogP contribution in [-0.2, 0) is 0 Å². The summed E-state index contributed by atoms with van der Waals surface area (Å²) in [7, 11) is 0. The molecule has 0 unspecified atom stereocenters. The van der Waals surface area contributed by atoms with Gasteiger partial charge in [0.25, 0.3) is 0 Å². The molecule has 0 aliphatic rings. The van der Waals surface area contributed by atoms with E-state index in [1.807, 2.05) is 6.92 Å². The Bertz CT molecular complexity index is 316. The van der Waals surface area contributed by atoms with Crippen LogP contribution in [0.3, 0.4) is 0 Å². The zero-order chi connectivity index (χ0) is 8.97. The highest BCUT2D eigenvalue weighted by atomic mass is 19.1. The van der Waals surface area contributed by atoms with Gasteiger partial charge in [0.2, 0.25) is 0 Å². The fourth-order valence-electron chi connectivity index (χ4n) is 0.959. The van der Waals surface area contributed by atoms with Gasteiger partial charge in [-0.2, -0.15) is 0 Å². The summed E-state index contributed by atoms with van der Waals surface area (Å²) in [6.45, 7) is 5.38. The van der Waals surface area contributed by atoms with Crippen molar-refractivity contribution in [2.75, 3.05) is 0 Å². The largest absolute Gasteiger partial charge is 0.256 e. The molecule has 0 atom stereocenters. The first-order valence-electron chi connectivity index (χ1n) is 3.69. The molecule has 0 amide bonds. The van der Waals surface area contributed by atoms with E-state index in [-0.39, 0.29) is 5.82 Å². The van der Waals surface area contributed by atoms with E-state index in [4.69, 9.17) is 0 Å². The number of pyridine rings is 1. The van der Waals surface area contributed by atoms with Gasteiger partial charge in [0.05, 0.1) is 5.69 Å². The van der Waals surface area contributed by atoms with Crippen LogP contribution in [0, 0.1) is 5.82 Å². The van der Waals surface area contributed by atoms with E-state index in [2.05, 4.69) is 11.6 Å². The van der Waals surface area contributed by atoms with Crippen LogP contribution in [0.2, 0.25) is 0 Å². The molecule has 1 aromatic heterocycles. The number of allylic oxidation sites excluding steroid dienone is 1. The Morgan fingerprint density at radius 1 is 1.58 bits per heavy atom. The van der Waals surface area contributed by atoms with E-state index < -0.39 is 0 Å². The molecule has 0 aliphatic carbocycles. The Morgan fingerprint density at radius 3 is 2.92 bits per heavy atom. The van der Waals surface area contributed by atoms with Gasteiger partial charge < -0.3 is 0 Å². The lowest BCUT2D eigenvalue weighted by atomic mass is 10.1. The molecule has 1 aromatic rings. The fourth-order valence-corrected chi connectivity index (χ4v) is 0.959. The van der Waals surface area contributed by atoms with Gasteiger partial charge in [-0.1, -0.05) is 18.7 Å². The van der Waals surface area contributed by atoms with Crippen LogP contribution >= 0.6 is 0 Å². The molecule has 0 radical (unpaired) electrons. The van der Waals surface area contributed by atoms with E-state index >= 15 is 0 Å². The van der Waals surface area contributed by atoms with E-state index in [0.717, 1.165) is 0 Å². The summed E-state index contributed by atoms with van der Waals surface area (Å²) in [4.78, 5) is 3.97. The molecule has 0 spiro atoms. The molecule has 0 saturated carbocycles. The van der Waals surface area contributed by atoms with Crippen molar-refractivity contribution in [2.24, 2.45) is 0 Å². The number of halogens is 1. The number of hydrogen-bond acceptors (Lipinski definition) is 1. The third-order valence-corrected chi connectivity index (χ3v) is 1.49. The number of rotatable bonds is 2. The fraction of sp³-hybridized carbons (Fsp3) is 0.100. The summed E-state index contributed by atoms with van der Waals surface area (Å²) in [6, 6.07) is 1.34. The van der Waals surface area contributed by atoms with Gasteiger partial charge >= 0.3 is 0 Å². The summed E-state index contributed by atoms with van der Waals surface area (Å²) < 4.78 is 13.1. The molecule has 1 heterocycles. The Morgan fingerprint density at radius 2 is 2.33 bits per heavy atom. The van der Waals surface area contributed by atoms with Crippen molar-refractivity contribution < 1.29 is 4.39 Å². The lowest BCUT2D eigenvalue weighted by molar-refractivity contribution is 0.622. The summed E-state index contributed by atoms with van der Waals surface area (Å²) in [6.07, 6.45) is 6.42. The monoisotopic (exact) mass is 163 g/mol. The quantitative estimate of drug-likeness (QED) is 0.653. The summed E-state index contributed by atoms with van der Waals surface area (Å²) in [5.74, 6) is -0.266. The van der Waals surface area contributed by atoms with Crippen LogP contribution in [0.1, 0.15) is 18.2 Å². The first kappa shape index (κ1) is 8.65. The predicted octanol–water partition coefficient (Wildman–Crippen LogP) is 2.90. The highest BCUT2D eigenvalue weighted by molar-refractivity contribution is 5.61. The van der Waals surface area contributed by atoms with E-state index in [1.54, 1.807) is 18.2 Å². The third kappa shape index (κ3) is 1.59. The number of aromatic nitrogens is 1. The second-order valence-electron chi connectivity index (χ2n) is 2.30. The molecule has 0 aromatic carbocycles. The average molecular weight is 163 g/mol. The molecule has 1 nitrogen and oxygen atoms in total. The van der Waals surface area contributed by atoms with Gasteiger partial charge in [0.1, 0.15) is 5.82 Å². The minimum atomic E-state index is -0.266. The van der Waals surface area contributed by atoms with E-state index in [9.17, 15) is 4.39 Å². The second-order valence-corrected chi connectivity index (χ2v) is 2.30. The smallest absolute Gasteiger partial charge is 0.134 e. The van der Waals surface area contributed by atoms with Crippen molar-refractivity contribution in [3.63, 3.8) is 0 Å². The van der Waals surface area contributed by atoms with Crippen molar-refractivity contribution in [2.45, 2.75) is 6.92 Å². The van der Waals surface area contributed by atoms with Crippen molar-refractivity contribution in [3.8, 4) is 0 Å². The molecule has 0 aliphatic heterocycles. The Balaban J connectivity index is 3.28. The third-order valence-electron chi connectivity index (χ3n) is 1.49. The molecular weight excluding hydrogens is 153 g/mol. The van der Waals surface area contributed by atoms with Crippen LogP contribution in [0.4, 0.5) is 4.39 Å². The highest BCUT2D eigenvalue weighted by Gasteiger charge is 2.02. The van der Waals surface area contributed by atoms with Crippen LogP contribution < -0.4 is 0 Å². The molecule has 2 heteroatoms. The number of nitrogens with zero attached hydrogens (tertiary/aromatic N) is 1. The Kier molecular flexibility index (Phi) is 2.75. The molecular formula is C10H10FN. The minimum Gasteiger partial charge on any atom is -0.256 e. The van der Waals surface area contributed by atoms with Gasteiger partial charge in [-0.3, -0.25) is 4.98 Å². The normalized spacial score (nSPS) is 10.5. The second kappa shape index (κ2) is 3.81. The van der Waals surface area contributed by atoms with Crippen LogP contribution in [-0.4, -0.2) is 4.98 Å². The lowest BCUT2D eigenvalue weighted by Gasteiger charge is -1.99. The van der Waals surface area contributed by atoms with Gasteiger partial charge in [-0.25, -0.2) is 4.39 Å². The molecule has 62 valence electrons. The average Bonchev–Trinajstić information content (AvgIpc) is 2.09. The van der Waals surface area contributed by atoms with Crippen LogP contribution in [0.15, 0.2) is 24.9 Å². The van der Waals surface area contributed by atoms with Crippen molar-refractivity contribution in [3.05, 3.63) is 42.0 Å². The topological polar surface area (TPSA) is 12.9 Å². The predicted molar refractivity (Wildman–Crippen MR) is 49.0 cm³/mol. The summed E-state index contributed by atoms with van der Waals surface area (Å²) in [5, 5.41) is 0. The minimum absolute atomic E-state index is 0.266. The van der Waals surface area contributed by atoms with Gasteiger partial charge in [0.15, 0.2) is 0 Å². The highest BCUT2D eigenvalue weighted by Crippen LogP contribution is 2.13. The summed E-state index contributed by atoms with van der Waals surface area (Å²) >= 11 is 0. The zero-order valence-electron chi connectivity index (χ0n) is 6.92. The number of hydrogen-bond donors (Lipinski definition) is 0. The maximum atomic E-state index is 13.1. The first-order valence-corrected chi connectivity index (χ1v) is 3.69.